The van der Waals surface area contributed by atoms with Crippen LogP contribution in [0.4, 0.5) is 0 Å². The van der Waals surface area contributed by atoms with Crippen molar-refractivity contribution in [3.8, 4) is 6.07 Å². The Balaban J connectivity index is 2.22. The van der Waals surface area contributed by atoms with E-state index in [-0.39, 0.29) is 16.2 Å². The van der Waals surface area contributed by atoms with E-state index in [1.807, 2.05) is 41.6 Å². The normalized spacial score (nSPS) is 13.1. The van der Waals surface area contributed by atoms with E-state index in [2.05, 4.69) is 25.3 Å². The van der Waals surface area contributed by atoms with Crippen LogP contribution in [0.25, 0.3) is 11.1 Å². The lowest BCUT2D eigenvalue weighted by Gasteiger charge is -2.16. The molecule has 0 amide bonds. The molecule has 0 aliphatic carbocycles. The van der Waals surface area contributed by atoms with Crippen molar-refractivity contribution in [1.29, 1.82) is 5.26 Å². The van der Waals surface area contributed by atoms with Gasteiger partial charge in [-0.2, -0.15) is 41.0 Å². The highest BCUT2D eigenvalue weighted by atomic mass is 32.1. The number of thiophene rings is 1. The molecule has 2 aromatic rings. The Hall–Kier alpha value is -1.51. The third kappa shape index (κ3) is 3.14. The molecule has 0 aliphatic rings. The van der Waals surface area contributed by atoms with Crippen molar-refractivity contribution in [3.63, 3.8) is 0 Å². The van der Waals surface area contributed by atoms with Gasteiger partial charge in [-0.1, -0.05) is 6.07 Å². The van der Waals surface area contributed by atoms with Gasteiger partial charge in [0.2, 0.25) is 0 Å². The van der Waals surface area contributed by atoms with E-state index in [9.17, 15) is 0 Å². The minimum absolute atomic E-state index is 0.00423. The van der Waals surface area contributed by atoms with Gasteiger partial charge in [0, 0.05) is 22.3 Å². The van der Waals surface area contributed by atoms with Gasteiger partial charge in [-0.15, -0.1) is 11.3 Å². The van der Waals surface area contributed by atoms with Crippen LogP contribution in [0, 0.1) is 11.3 Å². The van der Waals surface area contributed by atoms with E-state index in [1.165, 1.54) is 4.57 Å². The van der Waals surface area contributed by atoms with E-state index in [0.717, 1.165) is 10.4 Å². The minimum Gasteiger partial charge on any atom is -0.757 e. The highest BCUT2D eigenvalue weighted by molar-refractivity contribution is 7.84. The van der Waals surface area contributed by atoms with E-state index in [0.29, 0.717) is 0 Å². The molecule has 0 radical (unpaired) electrons. The van der Waals surface area contributed by atoms with Crippen molar-refractivity contribution in [3.05, 3.63) is 57.9 Å². The lowest BCUT2D eigenvalue weighted by atomic mass is 10.1. The Bertz CT molecular complexity index is 665. The van der Waals surface area contributed by atoms with Gasteiger partial charge in [0.1, 0.15) is 0 Å². The largest absolute Gasteiger partial charge is 0.757 e. The maximum Gasteiger partial charge on any atom is 0.309 e. The molecule has 2 rings (SSSR count). The van der Waals surface area contributed by atoms with E-state index >= 15 is 0 Å². The summed E-state index contributed by atoms with van der Waals surface area (Å²) in [6.07, 6.45) is 3.38. The van der Waals surface area contributed by atoms with Crippen LogP contribution in [0.15, 0.2) is 42.0 Å². The molecule has 2 aromatic heterocycles. The van der Waals surface area contributed by atoms with Crippen LogP contribution in [0.5, 0.6) is 0 Å². The van der Waals surface area contributed by atoms with Crippen LogP contribution in [0.2, 0.25) is 0 Å². The van der Waals surface area contributed by atoms with Crippen molar-refractivity contribution in [2.75, 3.05) is 0 Å². The van der Waals surface area contributed by atoms with Crippen LogP contribution >= 0.6 is 36.6 Å². The second-order valence-corrected chi connectivity index (χ2v) is 6.11. The second kappa shape index (κ2) is 6.78. The Morgan fingerprint density at radius 3 is 2.45 bits per heavy atom. The Morgan fingerprint density at radius 1 is 1.25 bits per heavy atom. The molecular weight excluding hydrogens is 306 g/mol. The molecule has 0 spiro atoms. The topological polar surface area (TPSA) is 50.0 Å². The van der Waals surface area contributed by atoms with Crippen LogP contribution in [0.3, 0.4) is 0 Å². The van der Waals surface area contributed by atoms with E-state index in [4.69, 9.17) is 10.7 Å². The summed E-state index contributed by atoms with van der Waals surface area (Å²) in [6, 6.07) is 9.57. The van der Waals surface area contributed by atoms with Gasteiger partial charge in [-0.05, 0) is 17.0 Å². The summed E-state index contributed by atoms with van der Waals surface area (Å²) in [4.78, 5) is 1.16. The summed E-state index contributed by atoms with van der Waals surface area (Å²) < 4.78 is 1.49. The van der Waals surface area contributed by atoms with Gasteiger partial charge in [0.15, 0.2) is 18.5 Å². The molecule has 3 nitrogen and oxygen atoms in total. The van der Waals surface area contributed by atoms with Crippen molar-refractivity contribution >= 4 is 48.2 Å². The van der Waals surface area contributed by atoms with Crippen molar-refractivity contribution in [2.24, 2.45) is 0 Å². The number of hydrogen-bond acceptors (Lipinski definition) is 4. The predicted molar refractivity (Wildman–Crippen MR) is 88.1 cm³/mol. The fraction of sp³-hybridized carbons (Fsp3) is 0.143. The standard InChI is InChI=1S/C14H11N3S3/c15-8-11(9-16)17-5-3-10(4-6-17)13(18)14(19)12-2-1-7-20-12/h1-7,13-14,18-19H. The van der Waals surface area contributed by atoms with Crippen LogP contribution < -0.4 is 4.57 Å². The Kier molecular flexibility index (Phi) is 5.05. The van der Waals surface area contributed by atoms with E-state index < -0.39 is 0 Å². The lowest BCUT2D eigenvalue weighted by molar-refractivity contribution is -0.576. The molecule has 6 heteroatoms. The molecule has 100 valence electrons. The monoisotopic (exact) mass is 317 g/mol. The zero-order chi connectivity index (χ0) is 14.5. The van der Waals surface area contributed by atoms with Crippen LogP contribution in [0.1, 0.15) is 20.9 Å². The van der Waals surface area contributed by atoms with Crippen molar-refractivity contribution in [2.45, 2.75) is 10.5 Å². The highest BCUT2D eigenvalue weighted by Gasteiger charge is 2.20. The molecule has 0 saturated heterocycles. The fourth-order valence-electron chi connectivity index (χ4n) is 1.72. The molecule has 0 saturated carbocycles. The molecule has 2 unspecified atom stereocenters. The zero-order valence-electron chi connectivity index (χ0n) is 10.3. The summed E-state index contributed by atoms with van der Waals surface area (Å²) in [7, 11) is 0. The zero-order valence-corrected chi connectivity index (χ0v) is 12.9. The predicted octanol–water partition coefficient (Wildman–Crippen LogP) is 3.28. The number of pyridine rings is 1. The van der Waals surface area contributed by atoms with Crippen LogP contribution in [-0.2, 0) is 0 Å². The van der Waals surface area contributed by atoms with Gasteiger partial charge in [-0.25, -0.2) is 0 Å². The van der Waals surface area contributed by atoms with Crippen LogP contribution in [-0.4, -0.2) is 5.87 Å². The quantitative estimate of drug-likeness (QED) is 0.387. The number of thiol groups is 2. The van der Waals surface area contributed by atoms with Crippen molar-refractivity contribution in [1.82, 2.24) is 0 Å². The first-order chi connectivity index (χ1) is 9.67. The van der Waals surface area contributed by atoms with Gasteiger partial charge in [0.05, 0.1) is 5.25 Å². The van der Waals surface area contributed by atoms with Gasteiger partial charge in [-0.3, -0.25) is 0 Å². The second-order valence-electron chi connectivity index (χ2n) is 4.02. The number of rotatable bonds is 4. The minimum atomic E-state index is -0.0562. The first kappa shape index (κ1) is 14.9. The summed E-state index contributed by atoms with van der Waals surface area (Å²) in [6.45, 7) is 0. The fourth-order valence-corrected chi connectivity index (χ4v) is 3.34. The lowest BCUT2D eigenvalue weighted by Crippen LogP contribution is -2.31. The summed E-state index contributed by atoms with van der Waals surface area (Å²) >= 11 is 10.9. The summed E-state index contributed by atoms with van der Waals surface area (Å²) in [5.74, 6) is 1.85. The average Bonchev–Trinajstić information content (AvgIpc) is 3.02. The molecule has 0 N–H and O–H groups in total. The highest BCUT2D eigenvalue weighted by Crippen LogP contribution is 2.40. The van der Waals surface area contributed by atoms with Crippen molar-refractivity contribution < 1.29 is 4.57 Å². The molecule has 0 bridgehead atoms. The molecule has 0 fully saturated rings. The number of nitrogens with zero attached hydrogens (tertiary/aromatic N) is 3. The molecule has 2 atom stereocenters. The maximum atomic E-state index is 8.81. The molecule has 0 aromatic carbocycles. The summed E-state index contributed by atoms with van der Waals surface area (Å²) in [5.41, 5.74) is 1.03. The maximum absolute atomic E-state index is 8.81. The smallest absolute Gasteiger partial charge is 0.309 e. The molecule has 20 heavy (non-hydrogen) atoms. The number of aromatic nitrogens is 1. The molecular formula is C14H11N3S3. The van der Waals surface area contributed by atoms with Gasteiger partial charge in [0.25, 0.3) is 0 Å². The SMILES string of the molecule is N#CC(=C=[N-])[n+]1ccc(C(S)C(S)c2cccs2)cc1. The van der Waals surface area contributed by atoms with E-state index in [1.54, 1.807) is 23.7 Å². The Labute approximate surface area is 132 Å². The number of allylic oxidation sites excluding steroid dienone is 1. The Morgan fingerprint density at radius 2 is 1.95 bits per heavy atom. The third-order valence-electron chi connectivity index (χ3n) is 2.80. The third-order valence-corrected chi connectivity index (χ3v) is 5.34. The van der Waals surface area contributed by atoms with Gasteiger partial charge >= 0.3 is 5.70 Å². The first-order valence-electron chi connectivity index (χ1n) is 5.75. The number of nitriles is 1. The molecule has 2 heterocycles. The summed E-state index contributed by atoms with van der Waals surface area (Å²) in [5, 5.41) is 19.6. The van der Waals surface area contributed by atoms with Gasteiger partial charge < -0.3 is 5.41 Å². The molecule has 0 aliphatic heterocycles. The average molecular weight is 317 g/mol. The first-order valence-corrected chi connectivity index (χ1v) is 7.67. The number of hydrogen-bond donors (Lipinski definition) is 2.